The molecule has 0 saturated heterocycles. The van der Waals surface area contributed by atoms with Crippen molar-refractivity contribution < 1.29 is 4.52 Å². The lowest BCUT2D eigenvalue weighted by atomic mass is 10.1. The predicted molar refractivity (Wildman–Crippen MR) is 80.9 cm³/mol. The van der Waals surface area contributed by atoms with E-state index in [9.17, 15) is 0 Å². The van der Waals surface area contributed by atoms with Gasteiger partial charge in [0, 0.05) is 12.1 Å². The maximum absolute atomic E-state index is 5.33. The van der Waals surface area contributed by atoms with Crippen molar-refractivity contribution in [3.8, 4) is 0 Å². The van der Waals surface area contributed by atoms with Crippen LogP contribution in [0.25, 0.3) is 0 Å². The van der Waals surface area contributed by atoms with Gasteiger partial charge in [-0.1, -0.05) is 24.6 Å². The molecule has 1 N–H and O–H groups in total. The lowest BCUT2D eigenvalue weighted by molar-refractivity contribution is 0.362. The summed E-state index contributed by atoms with van der Waals surface area (Å²) in [6.45, 7) is 8.42. The Morgan fingerprint density at radius 1 is 1.25 bits per heavy atom. The van der Waals surface area contributed by atoms with E-state index in [2.05, 4.69) is 54.4 Å². The Bertz CT molecular complexity index is 563. The summed E-state index contributed by atoms with van der Waals surface area (Å²) < 4.78 is 5.33. The normalized spacial score (nSPS) is 12.4. The zero-order chi connectivity index (χ0) is 14.5. The molecule has 1 aromatic carbocycles. The van der Waals surface area contributed by atoms with Crippen LogP contribution in [0.5, 0.6) is 0 Å². The number of hydrogen-bond acceptors (Lipinski definition) is 4. The van der Waals surface area contributed by atoms with E-state index in [1.54, 1.807) is 0 Å². The summed E-state index contributed by atoms with van der Waals surface area (Å²) in [5.74, 6) is 1.45. The molecule has 1 unspecified atom stereocenters. The first-order chi connectivity index (χ1) is 9.60. The van der Waals surface area contributed by atoms with Crippen molar-refractivity contribution in [1.82, 2.24) is 10.1 Å². The minimum absolute atomic E-state index is 0.0139. The third kappa shape index (κ3) is 3.59. The molecule has 0 radical (unpaired) electrons. The highest BCUT2D eigenvalue weighted by Crippen LogP contribution is 2.20. The van der Waals surface area contributed by atoms with Gasteiger partial charge in [0.15, 0.2) is 5.82 Å². The molecule has 1 aromatic heterocycles. The molecule has 0 spiro atoms. The number of rotatable bonds is 6. The van der Waals surface area contributed by atoms with Crippen LogP contribution in [0.4, 0.5) is 5.69 Å². The Morgan fingerprint density at radius 3 is 2.75 bits per heavy atom. The minimum Gasteiger partial charge on any atom is -0.374 e. The fourth-order valence-electron chi connectivity index (χ4n) is 2.02. The SMILES string of the molecule is CCCCc1noc(C(C)Nc2ccc(C)c(C)c2)n1. The zero-order valence-corrected chi connectivity index (χ0v) is 12.7. The number of aryl methyl sites for hydroxylation is 3. The molecule has 0 aliphatic heterocycles. The molecule has 1 atom stereocenters. The van der Waals surface area contributed by atoms with Crippen molar-refractivity contribution in [1.29, 1.82) is 0 Å². The van der Waals surface area contributed by atoms with E-state index in [0.717, 1.165) is 30.8 Å². The number of anilines is 1. The Labute approximate surface area is 120 Å². The molecule has 0 aliphatic rings. The molecule has 2 aromatic rings. The van der Waals surface area contributed by atoms with E-state index < -0.39 is 0 Å². The van der Waals surface area contributed by atoms with Crippen molar-refractivity contribution in [2.45, 2.75) is 53.0 Å². The zero-order valence-electron chi connectivity index (χ0n) is 12.7. The monoisotopic (exact) mass is 273 g/mol. The highest BCUT2D eigenvalue weighted by molar-refractivity contribution is 5.48. The summed E-state index contributed by atoms with van der Waals surface area (Å²) in [5, 5.41) is 7.42. The molecule has 0 saturated carbocycles. The smallest absolute Gasteiger partial charge is 0.248 e. The Morgan fingerprint density at radius 2 is 2.05 bits per heavy atom. The summed E-state index contributed by atoms with van der Waals surface area (Å²) in [7, 11) is 0. The van der Waals surface area contributed by atoms with Crippen LogP contribution in [0.3, 0.4) is 0 Å². The Hall–Kier alpha value is -1.84. The maximum Gasteiger partial charge on any atom is 0.248 e. The second-order valence-electron chi connectivity index (χ2n) is 5.32. The molecule has 0 aliphatic carbocycles. The van der Waals surface area contributed by atoms with Crippen LogP contribution >= 0.6 is 0 Å². The van der Waals surface area contributed by atoms with E-state index in [4.69, 9.17) is 4.52 Å². The molecule has 0 fully saturated rings. The van der Waals surface area contributed by atoms with Gasteiger partial charge in [-0.2, -0.15) is 4.98 Å². The van der Waals surface area contributed by atoms with Crippen LogP contribution in [0, 0.1) is 13.8 Å². The second-order valence-corrected chi connectivity index (χ2v) is 5.32. The summed E-state index contributed by atoms with van der Waals surface area (Å²) in [6.07, 6.45) is 3.12. The molecule has 2 rings (SSSR count). The summed E-state index contributed by atoms with van der Waals surface area (Å²) in [5.41, 5.74) is 3.65. The van der Waals surface area contributed by atoms with Gasteiger partial charge in [0.2, 0.25) is 5.89 Å². The van der Waals surface area contributed by atoms with Crippen molar-refractivity contribution in [3.63, 3.8) is 0 Å². The van der Waals surface area contributed by atoms with E-state index in [1.165, 1.54) is 11.1 Å². The fourth-order valence-corrected chi connectivity index (χ4v) is 2.02. The summed E-state index contributed by atoms with van der Waals surface area (Å²) >= 11 is 0. The van der Waals surface area contributed by atoms with E-state index >= 15 is 0 Å². The average Bonchev–Trinajstić information content (AvgIpc) is 2.89. The topological polar surface area (TPSA) is 51.0 Å². The number of hydrogen-bond donors (Lipinski definition) is 1. The van der Waals surface area contributed by atoms with Crippen LogP contribution < -0.4 is 5.32 Å². The first-order valence-corrected chi connectivity index (χ1v) is 7.26. The van der Waals surface area contributed by atoms with E-state index in [-0.39, 0.29) is 6.04 Å². The van der Waals surface area contributed by atoms with Gasteiger partial charge >= 0.3 is 0 Å². The minimum atomic E-state index is 0.0139. The van der Waals surface area contributed by atoms with Crippen LogP contribution in [0.15, 0.2) is 22.7 Å². The number of nitrogens with zero attached hydrogens (tertiary/aromatic N) is 2. The molecule has 20 heavy (non-hydrogen) atoms. The van der Waals surface area contributed by atoms with Gasteiger partial charge in [0.1, 0.15) is 6.04 Å². The fraction of sp³-hybridized carbons (Fsp3) is 0.500. The van der Waals surface area contributed by atoms with Crippen molar-refractivity contribution >= 4 is 5.69 Å². The number of aromatic nitrogens is 2. The molecule has 0 amide bonds. The lowest BCUT2D eigenvalue weighted by Gasteiger charge is -2.12. The summed E-state index contributed by atoms with van der Waals surface area (Å²) in [6, 6.07) is 6.35. The second kappa shape index (κ2) is 6.55. The molecule has 0 bridgehead atoms. The predicted octanol–water partition coefficient (Wildman–Crippen LogP) is 4.20. The highest BCUT2D eigenvalue weighted by Gasteiger charge is 2.14. The van der Waals surface area contributed by atoms with Crippen molar-refractivity contribution in [2.75, 3.05) is 5.32 Å². The lowest BCUT2D eigenvalue weighted by Crippen LogP contribution is -2.07. The van der Waals surface area contributed by atoms with Crippen LogP contribution in [-0.4, -0.2) is 10.1 Å². The first kappa shape index (κ1) is 14.6. The van der Waals surface area contributed by atoms with Crippen LogP contribution in [0.1, 0.15) is 55.6 Å². The first-order valence-electron chi connectivity index (χ1n) is 7.26. The van der Waals surface area contributed by atoms with Gasteiger partial charge in [-0.25, -0.2) is 0 Å². The number of benzene rings is 1. The quantitative estimate of drug-likeness (QED) is 0.857. The Balaban J connectivity index is 2.01. The van der Waals surface area contributed by atoms with Crippen molar-refractivity contribution in [3.05, 3.63) is 41.0 Å². The van der Waals surface area contributed by atoms with Crippen molar-refractivity contribution in [2.24, 2.45) is 0 Å². The van der Waals surface area contributed by atoms with Crippen LogP contribution in [0.2, 0.25) is 0 Å². The standard InChI is InChI=1S/C16H23N3O/c1-5-6-7-15-18-16(20-19-15)13(4)17-14-9-8-11(2)12(3)10-14/h8-10,13,17H,5-7H2,1-4H3. The van der Waals surface area contributed by atoms with Gasteiger partial charge in [-0.3, -0.25) is 0 Å². The molecule has 1 heterocycles. The maximum atomic E-state index is 5.33. The largest absolute Gasteiger partial charge is 0.374 e. The summed E-state index contributed by atoms with van der Waals surface area (Å²) in [4.78, 5) is 4.44. The van der Waals surface area contributed by atoms with Crippen LogP contribution in [-0.2, 0) is 6.42 Å². The third-order valence-electron chi connectivity index (χ3n) is 3.50. The van der Waals surface area contributed by atoms with E-state index in [1.807, 2.05) is 6.92 Å². The number of unbranched alkanes of at least 4 members (excludes halogenated alkanes) is 1. The van der Waals surface area contributed by atoms with Gasteiger partial charge in [0.25, 0.3) is 0 Å². The van der Waals surface area contributed by atoms with Gasteiger partial charge in [-0.15, -0.1) is 0 Å². The molecular formula is C16H23N3O. The van der Waals surface area contributed by atoms with Gasteiger partial charge < -0.3 is 9.84 Å². The molecule has 108 valence electrons. The van der Waals surface area contributed by atoms with Gasteiger partial charge in [-0.05, 0) is 50.5 Å². The molecular weight excluding hydrogens is 250 g/mol. The molecule has 4 heteroatoms. The van der Waals surface area contributed by atoms with E-state index in [0.29, 0.717) is 5.89 Å². The average molecular weight is 273 g/mol. The third-order valence-corrected chi connectivity index (χ3v) is 3.50. The van der Waals surface area contributed by atoms with Gasteiger partial charge in [0.05, 0.1) is 0 Å². The highest BCUT2D eigenvalue weighted by atomic mass is 16.5. The molecule has 4 nitrogen and oxygen atoms in total. The number of nitrogens with one attached hydrogen (secondary N) is 1. The Kier molecular flexibility index (Phi) is 4.77.